The molecule has 0 aromatic heterocycles. The van der Waals surface area contributed by atoms with E-state index in [0.29, 0.717) is 0 Å². The highest BCUT2D eigenvalue weighted by atomic mass is 16.4. The molecule has 6 nitrogen and oxygen atoms in total. The molecule has 6 heteroatoms. The van der Waals surface area contributed by atoms with E-state index in [9.17, 15) is 19.2 Å². The Morgan fingerprint density at radius 3 is 1.47 bits per heavy atom. The lowest BCUT2D eigenvalue weighted by atomic mass is 9.99. The van der Waals surface area contributed by atoms with Crippen molar-refractivity contribution in [2.75, 3.05) is 0 Å². The molecule has 0 saturated carbocycles. The molecule has 0 radical (unpaired) electrons. The smallest absolute Gasteiger partial charge is 0.336 e. The van der Waals surface area contributed by atoms with Crippen LogP contribution in [0.25, 0.3) is 0 Å². The Hall–Kier alpha value is -2.50. The first-order valence-corrected chi connectivity index (χ1v) is 4.06. The Bertz CT molecular complexity index is 448. The highest BCUT2D eigenvalue weighted by molar-refractivity contribution is 6.04. The van der Waals surface area contributed by atoms with Crippen molar-refractivity contribution in [3.8, 4) is 0 Å². The summed E-state index contributed by atoms with van der Waals surface area (Å²) in [5.41, 5.74) is -1.37. The van der Waals surface area contributed by atoms with Crippen molar-refractivity contribution >= 4 is 24.5 Å². The quantitative estimate of drug-likeness (QED) is 0.766. The SMILES string of the molecule is C.O=Cc1cc(C=O)c(C(=O)O)cc1C(=O)O. The van der Waals surface area contributed by atoms with Gasteiger partial charge in [-0.25, -0.2) is 9.59 Å². The van der Waals surface area contributed by atoms with Gasteiger partial charge in [-0.3, -0.25) is 9.59 Å². The summed E-state index contributed by atoms with van der Waals surface area (Å²) >= 11 is 0. The van der Waals surface area contributed by atoms with Gasteiger partial charge >= 0.3 is 11.9 Å². The zero-order chi connectivity index (χ0) is 12.3. The van der Waals surface area contributed by atoms with Gasteiger partial charge in [0.1, 0.15) is 0 Å². The monoisotopic (exact) mass is 238 g/mol. The van der Waals surface area contributed by atoms with E-state index in [1.54, 1.807) is 0 Å². The lowest BCUT2D eigenvalue weighted by Gasteiger charge is -2.04. The molecular formula is C11H10O6. The maximum Gasteiger partial charge on any atom is 0.336 e. The number of benzene rings is 1. The van der Waals surface area contributed by atoms with E-state index < -0.39 is 23.1 Å². The third kappa shape index (κ3) is 2.75. The second-order valence-corrected chi connectivity index (χ2v) is 2.87. The van der Waals surface area contributed by atoms with Crippen LogP contribution in [0.5, 0.6) is 0 Å². The molecule has 17 heavy (non-hydrogen) atoms. The van der Waals surface area contributed by atoms with E-state index in [0.717, 1.165) is 12.1 Å². The Morgan fingerprint density at radius 1 is 0.882 bits per heavy atom. The first-order valence-electron chi connectivity index (χ1n) is 4.06. The first kappa shape index (κ1) is 14.5. The molecule has 0 unspecified atom stereocenters. The zero-order valence-corrected chi connectivity index (χ0v) is 7.84. The van der Waals surface area contributed by atoms with Crippen molar-refractivity contribution in [1.82, 2.24) is 0 Å². The highest BCUT2D eigenvalue weighted by Gasteiger charge is 2.17. The number of carbonyl (C=O) groups is 4. The predicted molar refractivity (Wildman–Crippen MR) is 57.9 cm³/mol. The van der Waals surface area contributed by atoms with Crippen LogP contribution in [0.1, 0.15) is 48.9 Å². The van der Waals surface area contributed by atoms with E-state index in [1.807, 2.05) is 0 Å². The van der Waals surface area contributed by atoms with Gasteiger partial charge in [-0.1, -0.05) is 7.43 Å². The van der Waals surface area contributed by atoms with Gasteiger partial charge in [0.05, 0.1) is 11.1 Å². The number of hydrogen-bond donors (Lipinski definition) is 2. The fraction of sp³-hybridized carbons (Fsp3) is 0.0909. The fourth-order valence-corrected chi connectivity index (χ4v) is 1.20. The number of carbonyl (C=O) groups excluding carboxylic acids is 2. The highest BCUT2D eigenvalue weighted by Crippen LogP contribution is 2.15. The van der Waals surface area contributed by atoms with Gasteiger partial charge in [0.15, 0.2) is 12.6 Å². The van der Waals surface area contributed by atoms with E-state index >= 15 is 0 Å². The molecule has 0 aliphatic rings. The second-order valence-electron chi connectivity index (χ2n) is 2.87. The minimum Gasteiger partial charge on any atom is -0.478 e. The van der Waals surface area contributed by atoms with E-state index in [-0.39, 0.29) is 31.1 Å². The molecule has 0 bridgehead atoms. The van der Waals surface area contributed by atoms with Gasteiger partial charge in [0, 0.05) is 11.1 Å². The molecule has 0 atom stereocenters. The summed E-state index contributed by atoms with van der Waals surface area (Å²) < 4.78 is 0. The summed E-state index contributed by atoms with van der Waals surface area (Å²) in [4.78, 5) is 42.5. The molecule has 0 aliphatic carbocycles. The van der Waals surface area contributed by atoms with Crippen LogP contribution < -0.4 is 0 Å². The van der Waals surface area contributed by atoms with Gasteiger partial charge in [-0.15, -0.1) is 0 Å². The number of hydrogen-bond acceptors (Lipinski definition) is 4. The normalized spacial score (nSPS) is 8.94. The molecule has 1 aromatic rings. The topological polar surface area (TPSA) is 109 Å². The van der Waals surface area contributed by atoms with Crippen LogP contribution in [-0.4, -0.2) is 34.7 Å². The first-order chi connectivity index (χ1) is 7.51. The Morgan fingerprint density at radius 2 is 1.24 bits per heavy atom. The third-order valence-electron chi connectivity index (χ3n) is 1.94. The predicted octanol–water partition coefficient (Wildman–Crippen LogP) is 1.34. The zero-order valence-electron chi connectivity index (χ0n) is 7.84. The second kappa shape index (κ2) is 5.55. The van der Waals surface area contributed by atoms with Crippen LogP contribution in [0.3, 0.4) is 0 Å². The van der Waals surface area contributed by atoms with Gasteiger partial charge < -0.3 is 10.2 Å². The van der Waals surface area contributed by atoms with E-state index in [4.69, 9.17) is 10.2 Å². The number of aromatic carboxylic acids is 2. The summed E-state index contributed by atoms with van der Waals surface area (Å²) in [6.45, 7) is 0. The maximum absolute atomic E-state index is 10.7. The molecule has 0 saturated heterocycles. The molecule has 0 heterocycles. The van der Waals surface area contributed by atoms with Gasteiger partial charge in [-0.05, 0) is 12.1 Å². The average molecular weight is 238 g/mol. The van der Waals surface area contributed by atoms with Crippen molar-refractivity contribution in [3.05, 3.63) is 34.4 Å². The summed E-state index contributed by atoms with van der Waals surface area (Å²) in [6, 6.07) is 1.73. The summed E-state index contributed by atoms with van der Waals surface area (Å²) in [5.74, 6) is -2.86. The molecule has 0 spiro atoms. The van der Waals surface area contributed by atoms with Crippen molar-refractivity contribution in [2.24, 2.45) is 0 Å². The van der Waals surface area contributed by atoms with E-state index in [2.05, 4.69) is 0 Å². The van der Waals surface area contributed by atoms with Crippen LogP contribution in [0.4, 0.5) is 0 Å². The molecule has 1 aromatic carbocycles. The van der Waals surface area contributed by atoms with Crippen LogP contribution in [0.2, 0.25) is 0 Å². The van der Waals surface area contributed by atoms with Crippen LogP contribution in [0.15, 0.2) is 12.1 Å². The lowest BCUT2D eigenvalue weighted by molar-refractivity contribution is 0.0692. The summed E-state index contributed by atoms with van der Waals surface area (Å²) in [6.07, 6.45) is 0.504. The molecule has 0 amide bonds. The van der Waals surface area contributed by atoms with Crippen molar-refractivity contribution in [2.45, 2.75) is 7.43 Å². The van der Waals surface area contributed by atoms with Crippen molar-refractivity contribution in [3.63, 3.8) is 0 Å². The molecule has 1 rings (SSSR count). The van der Waals surface area contributed by atoms with Crippen molar-refractivity contribution in [1.29, 1.82) is 0 Å². The molecule has 2 N–H and O–H groups in total. The Kier molecular flexibility index (Phi) is 4.73. The lowest BCUT2D eigenvalue weighted by Crippen LogP contribution is -2.09. The summed E-state index contributed by atoms with van der Waals surface area (Å²) in [5, 5.41) is 17.5. The van der Waals surface area contributed by atoms with E-state index in [1.165, 1.54) is 0 Å². The maximum atomic E-state index is 10.7. The number of carboxylic acids is 2. The number of carboxylic acid groups (broad SMARTS) is 2. The molecule has 0 aliphatic heterocycles. The standard InChI is InChI=1S/C10H6O6.CH4/c11-3-5-1-6(4-12)8(10(15)16)2-7(5)9(13)14;/h1-4H,(H,13,14)(H,15,16);1H4. The van der Waals surface area contributed by atoms with Gasteiger partial charge in [-0.2, -0.15) is 0 Å². The van der Waals surface area contributed by atoms with Gasteiger partial charge in [0.25, 0.3) is 0 Å². The minimum absolute atomic E-state index is 0. The Balaban J connectivity index is 0.00000256. The average Bonchev–Trinajstić information content (AvgIpc) is 2.26. The van der Waals surface area contributed by atoms with Crippen LogP contribution in [-0.2, 0) is 0 Å². The fourth-order valence-electron chi connectivity index (χ4n) is 1.20. The third-order valence-corrected chi connectivity index (χ3v) is 1.94. The minimum atomic E-state index is -1.43. The number of rotatable bonds is 4. The number of aldehydes is 2. The Labute approximate surface area is 96.5 Å². The van der Waals surface area contributed by atoms with Crippen LogP contribution >= 0.6 is 0 Å². The molecule has 0 fully saturated rings. The molecular weight excluding hydrogens is 228 g/mol. The van der Waals surface area contributed by atoms with Gasteiger partial charge in [0.2, 0.25) is 0 Å². The largest absolute Gasteiger partial charge is 0.478 e. The summed E-state index contributed by atoms with van der Waals surface area (Å²) in [7, 11) is 0. The van der Waals surface area contributed by atoms with Crippen molar-refractivity contribution < 1.29 is 29.4 Å². The molecule has 90 valence electrons. The van der Waals surface area contributed by atoms with Crippen LogP contribution in [0, 0.1) is 0 Å².